The molecule has 0 aliphatic rings. The van der Waals surface area contributed by atoms with Gasteiger partial charge in [-0.3, -0.25) is 0 Å². The Bertz CT molecular complexity index is 703. The van der Waals surface area contributed by atoms with Gasteiger partial charge < -0.3 is 11.5 Å². The lowest BCUT2D eigenvalue weighted by atomic mass is 9.97. The molecule has 3 aromatic carbocycles. The number of nitrogen functional groups attached to an aromatic ring is 2. The Morgan fingerprint density at radius 1 is 0.667 bits per heavy atom. The maximum atomic E-state index is 5.91. The van der Waals surface area contributed by atoms with Crippen molar-refractivity contribution in [3.8, 4) is 11.1 Å². The summed E-state index contributed by atoms with van der Waals surface area (Å²) in [7, 11) is 0. The van der Waals surface area contributed by atoms with E-state index in [1.54, 1.807) is 0 Å². The molecule has 0 heterocycles. The summed E-state index contributed by atoms with van der Waals surface area (Å²) in [5.41, 5.74) is 15.4. The number of hydrogen-bond donors (Lipinski definition) is 2. The lowest BCUT2D eigenvalue weighted by Crippen LogP contribution is -1.94. The highest BCUT2D eigenvalue weighted by Crippen LogP contribution is 2.32. The lowest BCUT2D eigenvalue weighted by Gasteiger charge is -2.09. The number of fused-ring (bicyclic) bond motifs is 1. The molecule has 0 radical (unpaired) electrons. The number of rotatable bonds is 1. The molecule has 3 rings (SSSR count). The van der Waals surface area contributed by atoms with Gasteiger partial charge >= 0.3 is 0 Å². The molecule has 0 amide bonds. The van der Waals surface area contributed by atoms with E-state index in [1.165, 1.54) is 11.1 Å². The second-order valence-corrected chi connectivity index (χ2v) is 4.37. The molecule has 0 atom stereocenters. The van der Waals surface area contributed by atoms with Gasteiger partial charge in [-0.1, -0.05) is 48.5 Å². The van der Waals surface area contributed by atoms with Crippen molar-refractivity contribution in [1.82, 2.24) is 0 Å². The van der Waals surface area contributed by atoms with Gasteiger partial charge in [0.15, 0.2) is 0 Å². The van der Waals surface area contributed by atoms with Gasteiger partial charge in [-0.2, -0.15) is 0 Å². The average Bonchev–Trinajstić information content (AvgIpc) is 2.40. The summed E-state index contributed by atoms with van der Waals surface area (Å²) in [6.45, 7) is 0. The SMILES string of the molecule is Nc1cc2cccc(-c3ccccc3)c2cc1N. The maximum absolute atomic E-state index is 5.91. The predicted molar refractivity (Wildman–Crippen MR) is 78.2 cm³/mol. The maximum Gasteiger partial charge on any atom is 0.0554 e. The summed E-state index contributed by atoms with van der Waals surface area (Å²) in [4.78, 5) is 0. The third kappa shape index (κ3) is 1.68. The number of hydrogen-bond acceptors (Lipinski definition) is 2. The fourth-order valence-corrected chi connectivity index (χ4v) is 2.23. The van der Waals surface area contributed by atoms with E-state index in [-0.39, 0.29) is 0 Å². The molecule has 0 saturated carbocycles. The first kappa shape index (κ1) is 10.7. The van der Waals surface area contributed by atoms with Crippen molar-refractivity contribution in [3.63, 3.8) is 0 Å². The van der Waals surface area contributed by atoms with E-state index in [0.29, 0.717) is 11.4 Å². The van der Waals surface area contributed by atoms with E-state index >= 15 is 0 Å². The topological polar surface area (TPSA) is 52.0 Å². The monoisotopic (exact) mass is 234 g/mol. The van der Waals surface area contributed by atoms with Crippen LogP contribution in [0.3, 0.4) is 0 Å². The molecular formula is C16H14N2. The molecule has 0 fully saturated rings. The van der Waals surface area contributed by atoms with E-state index in [9.17, 15) is 0 Å². The summed E-state index contributed by atoms with van der Waals surface area (Å²) < 4.78 is 0. The zero-order valence-electron chi connectivity index (χ0n) is 9.93. The van der Waals surface area contributed by atoms with Crippen molar-refractivity contribution in [2.24, 2.45) is 0 Å². The van der Waals surface area contributed by atoms with E-state index in [2.05, 4.69) is 24.3 Å². The third-order valence-electron chi connectivity index (χ3n) is 3.17. The Kier molecular flexibility index (Phi) is 2.41. The minimum absolute atomic E-state index is 0.630. The largest absolute Gasteiger partial charge is 0.397 e. The van der Waals surface area contributed by atoms with E-state index in [4.69, 9.17) is 11.5 Å². The lowest BCUT2D eigenvalue weighted by molar-refractivity contribution is 1.64. The van der Waals surface area contributed by atoms with Crippen molar-refractivity contribution in [1.29, 1.82) is 0 Å². The van der Waals surface area contributed by atoms with Gasteiger partial charge in [0.2, 0.25) is 0 Å². The fraction of sp³-hybridized carbons (Fsp3) is 0. The number of nitrogens with two attached hydrogens (primary N) is 2. The quantitative estimate of drug-likeness (QED) is 0.631. The molecule has 0 aliphatic carbocycles. The third-order valence-corrected chi connectivity index (χ3v) is 3.17. The van der Waals surface area contributed by atoms with Gasteiger partial charge in [0.25, 0.3) is 0 Å². The minimum atomic E-state index is 0.630. The molecule has 0 spiro atoms. The van der Waals surface area contributed by atoms with Crippen LogP contribution in [0.1, 0.15) is 0 Å². The second-order valence-electron chi connectivity index (χ2n) is 4.37. The first-order chi connectivity index (χ1) is 8.75. The van der Waals surface area contributed by atoms with Gasteiger partial charge in [0, 0.05) is 0 Å². The van der Waals surface area contributed by atoms with Crippen LogP contribution in [0.5, 0.6) is 0 Å². The first-order valence-corrected chi connectivity index (χ1v) is 5.89. The van der Waals surface area contributed by atoms with Gasteiger partial charge in [-0.25, -0.2) is 0 Å². The Morgan fingerprint density at radius 2 is 1.39 bits per heavy atom. The zero-order chi connectivity index (χ0) is 12.5. The van der Waals surface area contributed by atoms with Crippen LogP contribution in [0.15, 0.2) is 60.7 Å². The standard InChI is InChI=1S/C16H14N2/c17-15-9-12-7-4-8-13(14(12)10-16(15)18)11-5-2-1-3-6-11/h1-10H,17-18H2. The Morgan fingerprint density at radius 3 is 2.17 bits per heavy atom. The molecule has 2 heteroatoms. The van der Waals surface area contributed by atoms with E-state index < -0.39 is 0 Å². The van der Waals surface area contributed by atoms with Crippen LogP contribution < -0.4 is 11.5 Å². The highest BCUT2D eigenvalue weighted by Gasteiger charge is 2.05. The molecular weight excluding hydrogens is 220 g/mol. The zero-order valence-corrected chi connectivity index (χ0v) is 9.93. The van der Waals surface area contributed by atoms with E-state index in [0.717, 1.165) is 10.8 Å². The van der Waals surface area contributed by atoms with Crippen molar-refractivity contribution >= 4 is 22.1 Å². The van der Waals surface area contributed by atoms with Gasteiger partial charge in [-0.15, -0.1) is 0 Å². The van der Waals surface area contributed by atoms with Gasteiger partial charge in [0.05, 0.1) is 11.4 Å². The molecule has 4 N–H and O–H groups in total. The summed E-state index contributed by atoms with van der Waals surface area (Å²) in [6.07, 6.45) is 0. The summed E-state index contributed by atoms with van der Waals surface area (Å²) in [5, 5.41) is 2.25. The molecule has 0 aromatic heterocycles. The molecule has 0 aliphatic heterocycles. The molecule has 0 saturated heterocycles. The van der Waals surface area contributed by atoms with Crippen LogP contribution in [-0.2, 0) is 0 Å². The van der Waals surface area contributed by atoms with Crippen LogP contribution in [0.25, 0.3) is 21.9 Å². The van der Waals surface area contributed by atoms with Crippen molar-refractivity contribution in [3.05, 3.63) is 60.7 Å². The fourth-order valence-electron chi connectivity index (χ4n) is 2.23. The highest BCUT2D eigenvalue weighted by atomic mass is 14.7. The molecule has 2 nitrogen and oxygen atoms in total. The average molecular weight is 234 g/mol. The van der Waals surface area contributed by atoms with Crippen LogP contribution in [0.2, 0.25) is 0 Å². The van der Waals surface area contributed by atoms with Crippen molar-refractivity contribution < 1.29 is 0 Å². The van der Waals surface area contributed by atoms with Crippen LogP contribution in [-0.4, -0.2) is 0 Å². The molecule has 0 bridgehead atoms. The minimum Gasteiger partial charge on any atom is -0.397 e. The van der Waals surface area contributed by atoms with Crippen LogP contribution in [0, 0.1) is 0 Å². The Labute approximate surface area is 106 Å². The number of benzene rings is 3. The van der Waals surface area contributed by atoms with Crippen LogP contribution in [0.4, 0.5) is 11.4 Å². The predicted octanol–water partition coefficient (Wildman–Crippen LogP) is 3.67. The Balaban J connectivity index is 2.34. The number of anilines is 2. The molecule has 18 heavy (non-hydrogen) atoms. The normalized spacial score (nSPS) is 10.7. The molecule has 88 valence electrons. The van der Waals surface area contributed by atoms with Crippen molar-refractivity contribution in [2.45, 2.75) is 0 Å². The smallest absolute Gasteiger partial charge is 0.0554 e. The molecule has 0 unspecified atom stereocenters. The Hall–Kier alpha value is -2.48. The summed E-state index contributed by atoms with van der Waals surface area (Å²) in [5.74, 6) is 0. The summed E-state index contributed by atoms with van der Waals surface area (Å²) >= 11 is 0. The molecule has 3 aromatic rings. The van der Waals surface area contributed by atoms with Gasteiger partial charge in [0.1, 0.15) is 0 Å². The summed E-state index contributed by atoms with van der Waals surface area (Å²) in [6, 6.07) is 20.4. The van der Waals surface area contributed by atoms with E-state index in [1.807, 2.05) is 36.4 Å². The highest BCUT2D eigenvalue weighted by molar-refractivity contribution is 6.00. The second kappa shape index (κ2) is 4.08. The van der Waals surface area contributed by atoms with Gasteiger partial charge in [-0.05, 0) is 34.0 Å². The first-order valence-electron chi connectivity index (χ1n) is 5.89. The van der Waals surface area contributed by atoms with Crippen molar-refractivity contribution in [2.75, 3.05) is 11.5 Å². The van der Waals surface area contributed by atoms with Crippen LogP contribution >= 0.6 is 0 Å².